The molecule has 31 heavy (non-hydrogen) atoms. The third-order valence-electron chi connectivity index (χ3n) is 4.16. The molecule has 0 aliphatic heterocycles. The Morgan fingerprint density at radius 2 is 1.90 bits per heavy atom. The van der Waals surface area contributed by atoms with E-state index in [1.807, 2.05) is 0 Å². The largest absolute Gasteiger partial charge is 0.465 e. The molecule has 0 atom stereocenters. The number of para-hydroxylation sites is 1. The first kappa shape index (κ1) is 22.0. The second kappa shape index (κ2) is 9.39. The van der Waals surface area contributed by atoms with Crippen molar-refractivity contribution in [1.82, 2.24) is 4.98 Å². The number of esters is 3. The second-order valence-corrected chi connectivity index (χ2v) is 7.12. The number of ether oxygens (including phenoxy) is 3. The van der Waals surface area contributed by atoms with Crippen LogP contribution in [0.1, 0.15) is 42.9 Å². The van der Waals surface area contributed by atoms with E-state index in [-0.39, 0.29) is 27.6 Å². The lowest BCUT2D eigenvalue weighted by molar-refractivity contribution is -0.119. The molecule has 162 valence electrons. The molecule has 0 aliphatic carbocycles. The minimum atomic E-state index is -0.766. The number of rotatable bonds is 7. The van der Waals surface area contributed by atoms with E-state index in [1.165, 1.54) is 19.6 Å². The van der Waals surface area contributed by atoms with Crippen LogP contribution in [0.5, 0.6) is 0 Å². The maximum atomic E-state index is 12.4. The number of amides is 1. The van der Waals surface area contributed by atoms with Crippen LogP contribution in [0.15, 0.2) is 29.0 Å². The fourth-order valence-electron chi connectivity index (χ4n) is 2.76. The number of hydrogen-bond donors (Lipinski definition) is 1. The summed E-state index contributed by atoms with van der Waals surface area (Å²) in [5.74, 6) is -2.82. The van der Waals surface area contributed by atoms with Gasteiger partial charge in [0.05, 0.1) is 24.8 Å². The predicted molar refractivity (Wildman–Crippen MR) is 109 cm³/mol. The van der Waals surface area contributed by atoms with E-state index in [2.05, 4.69) is 10.3 Å². The van der Waals surface area contributed by atoms with Gasteiger partial charge in [-0.05, 0) is 31.5 Å². The highest BCUT2D eigenvalue weighted by atomic mass is 32.1. The van der Waals surface area contributed by atoms with Gasteiger partial charge in [0, 0.05) is 0 Å². The molecule has 0 saturated heterocycles. The molecule has 1 aromatic carbocycles. The minimum absolute atomic E-state index is 0.0302. The van der Waals surface area contributed by atoms with Crippen molar-refractivity contribution in [1.29, 1.82) is 0 Å². The van der Waals surface area contributed by atoms with Crippen LogP contribution in [-0.4, -0.2) is 49.1 Å². The fourth-order valence-corrected chi connectivity index (χ4v) is 3.87. The Morgan fingerprint density at radius 1 is 1.13 bits per heavy atom. The normalized spacial score (nSPS) is 10.5. The molecule has 3 rings (SSSR count). The van der Waals surface area contributed by atoms with Gasteiger partial charge >= 0.3 is 17.9 Å². The van der Waals surface area contributed by atoms with Gasteiger partial charge in [-0.3, -0.25) is 4.79 Å². The number of aromatic nitrogens is 1. The first-order chi connectivity index (χ1) is 14.9. The third-order valence-corrected chi connectivity index (χ3v) is 5.35. The van der Waals surface area contributed by atoms with Crippen molar-refractivity contribution in [3.05, 3.63) is 46.2 Å². The zero-order valence-electron chi connectivity index (χ0n) is 16.8. The van der Waals surface area contributed by atoms with Gasteiger partial charge in [0.25, 0.3) is 5.91 Å². The Morgan fingerprint density at radius 3 is 2.61 bits per heavy atom. The summed E-state index contributed by atoms with van der Waals surface area (Å²) in [5.41, 5.74) is 1.21. The fraction of sp³-hybridized carbons (Fsp3) is 0.250. The minimum Gasteiger partial charge on any atom is -0.465 e. The first-order valence-electron chi connectivity index (χ1n) is 9.05. The maximum Gasteiger partial charge on any atom is 0.348 e. The summed E-state index contributed by atoms with van der Waals surface area (Å²) in [6, 6.07) is 4.73. The number of carbonyl (C=O) groups excluding carboxylic acids is 4. The van der Waals surface area contributed by atoms with Crippen LogP contribution in [0.2, 0.25) is 0 Å². The van der Waals surface area contributed by atoms with Gasteiger partial charge in [0.15, 0.2) is 18.6 Å². The number of benzene rings is 1. The molecule has 2 aromatic heterocycles. The lowest BCUT2D eigenvalue weighted by Gasteiger charge is -2.07. The number of hydrogen-bond acceptors (Lipinski definition) is 10. The number of oxazole rings is 1. The molecular formula is C20H18N2O8S. The molecule has 1 N–H and O–H groups in total. The van der Waals surface area contributed by atoms with Gasteiger partial charge in [-0.2, -0.15) is 0 Å². The van der Waals surface area contributed by atoms with E-state index >= 15 is 0 Å². The van der Waals surface area contributed by atoms with Crippen LogP contribution in [-0.2, 0) is 19.0 Å². The monoisotopic (exact) mass is 446 g/mol. The maximum absolute atomic E-state index is 12.4. The van der Waals surface area contributed by atoms with Crippen molar-refractivity contribution >= 4 is 51.3 Å². The average Bonchev–Trinajstić information content (AvgIpc) is 3.36. The van der Waals surface area contributed by atoms with Gasteiger partial charge < -0.3 is 23.9 Å². The van der Waals surface area contributed by atoms with E-state index in [4.69, 9.17) is 18.6 Å². The number of fused-ring (bicyclic) bond motifs is 1. The van der Waals surface area contributed by atoms with Gasteiger partial charge in [-0.25, -0.2) is 19.4 Å². The van der Waals surface area contributed by atoms with E-state index < -0.39 is 30.4 Å². The smallest absolute Gasteiger partial charge is 0.348 e. The summed E-state index contributed by atoms with van der Waals surface area (Å²) in [6.45, 7) is 2.72. The van der Waals surface area contributed by atoms with E-state index in [0.717, 1.165) is 11.3 Å². The molecule has 0 spiro atoms. The SMILES string of the molecule is CCOC(=O)c1sc(NC(=O)COC(=O)c2cccc3ocnc23)c(C(=O)OC)c1C. The molecule has 1 amide bonds. The summed E-state index contributed by atoms with van der Waals surface area (Å²) in [6.07, 6.45) is 1.20. The lowest BCUT2D eigenvalue weighted by atomic mass is 10.1. The summed E-state index contributed by atoms with van der Waals surface area (Å²) in [5, 5.41) is 2.57. The Hall–Kier alpha value is -3.73. The summed E-state index contributed by atoms with van der Waals surface area (Å²) in [7, 11) is 1.18. The van der Waals surface area contributed by atoms with Crippen molar-refractivity contribution in [2.45, 2.75) is 13.8 Å². The summed E-state index contributed by atoms with van der Waals surface area (Å²) >= 11 is 0.870. The topological polar surface area (TPSA) is 134 Å². The average molecular weight is 446 g/mol. The Balaban J connectivity index is 1.74. The van der Waals surface area contributed by atoms with Crippen molar-refractivity contribution < 1.29 is 37.8 Å². The lowest BCUT2D eigenvalue weighted by Crippen LogP contribution is -2.21. The molecular weight excluding hydrogens is 428 g/mol. The molecule has 0 saturated carbocycles. The molecule has 0 fully saturated rings. The van der Waals surface area contributed by atoms with Gasteiger partial charge in [0.1, 0.15) is 15.4 Å². The molecule has 11 heteroatoms. The second-order valence-electron chi connectivity index (χ2n) is 6.10. The van der Waals surface area contributed by atoms with E-state index in [9.17, 15) is 19.2 Å². The van der Waals surface area contributed by atoms with Crippen molar-refractivity contribution in [2.75, 3.05) is 25.6 Å². The highest BCUT2D eigenvalue weighted by Crippen LogP contribution is 2.34. The number of carbonyl (C=O) groups is 4. The Kier molecular flexibility index (Phi) is 6.65. The quantitative estimate of drug-likeness (QED) is 0.429. The first-order valence-corrected chi connectivity index (χ1v) is 9.87. The van der Waals surface area contributed by atoms with Crippen LogP contribution in [0.25, 0.3) is 11.1 Å². The molecule has 10 nitrogen and oxygen atoms in total. The van der Waals surface area contributed by atoms with Crippen LogP contribution in [0.3, 0.4) is 0 Å². The van der Waals surface area contributed by atoms with Crippen molar-refractivity contribution in [3.63, 3.8) is 0 Å². The van der Waals surface area contributed by atoms with Gasteiger partial charge in [0.2, 0.25) is 0 Å². The molecule has 0 radical (unpaired) electrons. The standard InChI is InChI=1S/C20H18N2O8S/c1-4-28-20(26)16-10(2)14(19(25)27-3)17(31-16)22-13(23)8-29-18(24)11-6-5-7-12-15(11)21-9-30-12/h5-7,9H,4,8H2,1-3H3,(H,22,23). The van der Waals surface area contributed by atoms with E-state index in [0.29, 0.717) is 16.7 Å². The Bertz CT molecular complexity index is 1160. The van der Waals surface area contributed by atoms with Crippen LogP contribution in [0, 0.1) is 6.92 Å². The van der Waals surface area contributed by atoms with Gasteiger partial charge in [-0.1, -0.05) is 6.07 Å². The zero-order chi connectivity index (χ0) is 22.5. The molecule has 3 aromatic rings. The van der Waals surface area contributed by atoms with Crippen LogP contribution >= 0.6 is 11.3 Å². The van der Waals surface area contributed by atoms with Gasteiger partial charge in [-0.15, -0.1) is 11.3 Å². The highest BCUT2D eigenvalue weighted by molar-refractivity contribution is 7.18. The molecule has 0 aliphatic rings. The van der Waals surface area contributed by atoms with E-state index in [1.54, 1.807) is 26.0 Å². The molecule has 0 bridgehead atoms. The highest BCUT2D eigenvalue weighted by Gasteiger charge is 2.27. The van der Waals surface area contributed by atoms with Crippen molar-refractivity contribution in [3.8, 4) is 0 Å². The number of nitrogens with one attached hydrogen (secondary N) is 1. The zero-order valence-corrected chi connectivity index (χ0v) is 17.7. The van der Waals surface area contributed by atoms with Crippen LogP contribution < -0.4 is 5.32 Å². The number of nitrogens with zero attached hydrogens (tertiary/aromatic N) is 1. The molecule has 2 heterocycles. The predicted octanol–water partition coefficient (Wildman–Crippen LogP) is 2.96. The summed E-state index contributed by atoms with van der Waals surface area (Å²) in [4.78, 5) is 53.1. The number of methoxy groups -OCH3 is 1. The van der Waals surface area contributed by atoms with Crippen LogP contribution in [0.4, 0.5) is 5.00 Å². The van der Waals surface area contributed by atoms with Crippen molar-refractivity contribution in [2.24, 2.45) is 0 Å². The number of thiophene rings is 1. The third kappa shape index (κ3) is 4.56. The Labute approximate surface area is 180 Å². The molecule has 0 unspecified atom stereocenters. The number of anilines is 1. The summed E-state index contributed by atoms with van der Waals surface area (Å²) < 4.78 is 19.9.